The van der Waals surface area contributed by atoms with Gasteiger partial charge in [0, 0.05) is 12.6 Å². The van der Waals surface area contributed by atoms with E-state index in [1.54, 1.807) is 14.0 Å². The van der Waals surface area contributed by atoms with Gasteiger partial charge in [-0.3, -0.25) is 0 Å². The van der Waals surface area contributed by atoms with Crippen molar-refractivity contribution in [2.75, 3.05) is 20.7 Å². The maximum absolute atomic E-state index is 8.94. The van der Waals surface area contributed by atoms with Crippen molar-refractivity contribution in [1.29, 1.82) is 5.26 Å². The number of benzene rings is 1. The monoisotopic (exact) mass is 275 g/mol. The van der Waals surface area contributed by atoms with Crippen LogP contribution in [0.1, 0.15) is 25.8 Å². The van der Waals surface area contributed by atoms with Crippen LogP contribution in [-0.2, 0) is 6.42 Å². The number of nitriles is 1. The van der Waals surface area contributed by atoms with E-state index in [0.717, 1.165) is 18.7 Å². The highest BCUT2D eigenvalue weighted by Gasteiger charge is 2.20. The van der Waals surface area contributed by atoms with E-state index < -0.39 is 5.54 Å². The number of nitrogens with two attached hydrogens (primary N) is 1. The van der Waals surface area contributed by atoms with Gasteiger partial charge >= 0.3 is 0 Å². The van der Waals surface area contributed by atoms with Crippen molar-refractivity contribution in [3.8, 4) is 11.8 Å². The summed E-state index contributed by atoms with van der Waals surface area (Å²) in [7, 11) is 3.76. The van der Waals surface area contributed by atoms with Crippen molar-refractivity contribution in [3.05, 3.63) is 29.8 Å². The third-order valence-electron chi connectivity index (χ3n) is 3.70. The van der Waals surface area contributed by atoms with Gasteiger partial charge in [-0.2, -0.15) is 5.26 Å². The predicted octanol–water partition coefficient (Wildman–Crippen LogP) is 2.19. The maximum atomic E-state index is 8.94. The van der Waals surface area contributed by atoms with Crippen LogP contribution in [0.4, 0.5) is 0 Å². The number of ether oxygens (including phenoxy) is 1. The Bertz CT molecular complexity index is 465. The van der Waals surface area contributed by atoms with Crippen molar-refractivity contribution in [2.24, 2.45) is 5.73 Å². The molecule has 0 amide bonds. The molecule has 0 aliphatic heterocycles. The van der Waals surface area contributed by atoms with Gasteiger partial charge in [-0.1, -0.05) is 18.2 Å². The summed E-state index contributed by atoms with van der Waals surface area (Å²) >= 11 is 0. The van der Waals surface area contributed by atoms with Crippen molar-refractivity contribution in [1.82, 2.24) is 4.90 Å². The molecule has 4 heteroatoms. The number of hydrogen-bond donors (Lipinski definition) is 1. The van der Waals surface area contributed by atoms with Gasteiger partial charge in [0.15, 0.2) is 0 Å². The molecule has 0 aromatic heterocycles. The average molecular weight is 275 g/mol. The first kappa shape index (κ1) is 16.5. The average Bonchev–Trinajstić information content (AvgIpc) is 2.45. The van der Waals surface area contributed by atoms with Gasteiger partial charge in [0.05, 0.1) is 13.2 Å². The molecule has 2 atom stereocenters. The van der Waals surface area contributed by atoms with Crippen LogP contribution in [0.3, 0.4) is 0 Å². The largest absolute Gasteiger partial charge is 0.496 e. The van der Waals surface area contributed by atoms with E-state index in [0.29, 0.717) is 12.5 Å². The molecule has 4 nitrogen and oxygen atoms in total. The smallest absolute Gasteiger partial charge is 0.122 e. The molecule has 1 aromatic carbocycles. The molecule has 0 saturated heterocycles. The Morgan fingerprint density at radius 3 is 2.70 bits per heavy atom. The first-order valence-corrected chi connectivity index (χ1v) is 6.92. The normalized spacial score (nSPS) is 15.4. The van der Waals surface area contributed by atoms with E-state index in [2.05, 4.69) is 31.0 Å². The summed E-state index contributed by atoms with van der Waals surface area (Å²) in [5.74, 6) is 0.924. The summed E-state index contributed by atoms with van der Waals surface area (Å²) in [4.78, 5) is 2.23. The van der Waals surface area contributed by atoms with Crippen LogP contribution in [0.5, 0.6) is 5.75 Å². The Hall–Kier alpha value is -1.57. The van der Waals surface area contributed by atoms with Gasteiger partial charge in [-0.15, -0.1) is 0 Å². The van der Waals surface area contributed by atoms with Gasteiger partial charge in [0.25, 0.3) is 0 Å². The predicted molar refractivity (Wildman–Crippen MR) is 81.6 cm³/mol. The highest BCUT2D eigenvalue weighted by Crippen LogP contribution is 2.20. The van der Waals surface area contributed by atoms with E-state index >= 15 is 0 Å². The molecule has 1 aromatic rings. The van der Waals surface area contributed by atoms with Gasteiger partial charge in [0.2, 0.25) is 0 Å². The molecular weight excluding hydrogens is 250 g/mol. The molecule has 0 aliphatic carbocycles. The number of hydrogen-bond acceptors (Lipinski definition) is 4. The molecule has 0 radical (unpaired) electrons. The highest BCUT2D eigenvalue weighted by atomic mass is 16.5. The van der Waals surface area contributed by atoms with E-state index in [1.165, 1.54) is 5.56 Å². The van der Waals surface area contributed by atoms with Crippen molar-refractivity contribution >= 4 is 0 Å². The van der Waals surface area contributed by atoms with Gasteiger partial charge in [-0.05, 0) is 45.4 Å². The van der Waals surface area contributed by atoms with E-state index in [1.807, 2.05) is 18.2 Å². The molecule has 0 saturated carbocycles. The lowest BCUT2D eigenvalue weighted by Crippen LogP contribution is -2.40. The Labute approximate surface area is 122 Å². The first-order chi connectivity index (χ1) is 9.39. The van der Waals surface area contributed by atoms with Gasteiger partial charge in [-0.25, -0.2) is 0 Å². The lowest BCUT2D eigenvalue weighted by atomic mass is 10.00. The van der Waals surface area contributed by atoms with Crippen LogP contribution in [0.2, 0.25) is 0 Å². The summed E-state index contributed by atoms with van der Waals surface area (Å²) in [5, 5.41) is 8.94. The third-order valence-corrected chi connectivity index (χ3v) is 3.70. The molecule has 0 bridgehead atoms. The van der Waals surface area contributed by atoms with Crippen molar-refractivity contribution in [3.63, 3.8) is 0 Å². The zero-order valence-corrected chi connectivity index (χ0v) is 12.9. The molecule has 0 aliphatic rings. The minimum absolute atomic E-state index is 0.362. The number of likely N-dealkylation sites (N-methyl/N-ethyl adjacent to an activating group) is 1. The fourth-order valence-electron chi connectivity index (χ4n) is 2.03. The maximum Gasteiger partial charge on any atom is 0.122 e. The van der Waals surface area contributed by atoms with Crippen LogP contribution >= 0.6 is 0 Å². The molecule has 110 valence electrons. The van der Waals surface area contributed by atoms with E-state index in [4.69, 9.17) is 15.7 Å². The molecule has 0 spiro atoms. The second-order valence-electron chi connectivity index (χ2n) is 5.62. The lowest BCUT2D eigenvalue weighted by molar-refractivity contribution is 0.239. The fraction of sp³-hybridized carbons (Fsp3) is 0.562. The molecule has 1 rings (SSSR count). The Kier molecular flexibility index (Phi) is 6.00. The van der Waals surface area contributed by atoms with Crippen LogP contribution in [0.25, 0.3) is 0 Å². The summed E-state index contributed by atoms with van der Waals surface area (Å²) in [5.41, 5.74) is 6.30. The van der Waals surface area contributed by atoms with Gasteiger partial charge in [0.1, 0.15) is 11.3 Å². The second-order valence-corrected chi connectivity index (χ2v) is 5.62. The standard InChI is InChI=1S/C16H25N3O/c1-13(19(3)10-9-16(2,18)12-17)11-14-7-5-6-8-15(14)20-4/h5-8,13H,9-11,18H2,1-4H3. The Balaban J connectivity index is 2.58. The molecule has 2 N–H and O–H groups in total. The fourth-order valence-corrected chi connectivity index (χ4v) is 2.03. The van der Waals surface area contributed by atoms with Crippen LogP contribution in [0.15, 0.2) is 24.3 Å². The van der Waals surface area contributed by atoms with Crippen molar-refractivity contribution in [2.45, 2.75) is 38.3 Å². The molecular formula is C16H25N3O. The number of rotatable bonds is 7. The molecule has 0 fully saturated rings. The Morgan fingerprint density at radius 2 is 2.10 bits per heavy atom. The Morgan fingerprint density at radius 1 is 1.45 bits per heavy atom. The van der Waals surface area contributed by atoms with E-state index in [9.17, 15) is 0 Å². The van der Waals surface area contributed by atoms with Crippen LogP contribution in [0, 0.1) is 11.3 Å². The number of methoxy groups -OCH3 is 1. The highest BCUT2D eigenvalue weighted by molar-refractivity contribution is 5.33. The SMILES string of the molecule is COc1ccccc1CC(C)N(C)CCC(C)(N)C#N. The molecule has 0 heterocycles. The van der Waals surface area contributed by atoms with Gasteiger partial charge < -0.3 is 15.4 Å². The molecule has 20 heavy (non-hydrogen) atoms. The van der Waals surface area contributed by atoms with E-state index in [-0.39, 0.29) is 0 Å². The summed E-state index contributed by atoms with van der Waals surface area (Å²) in [6, 6.07) is 10.6. The summed E-state index contributed by atoms with van der Waals surface area (Å²) < 4.78 is 5.38. The second kappa shape index (κ2) is 7.28. The number of nitrogens with zero attached hydrogens (tertiary/aromatic N) is 2. The quantitative estimate of drug-likeness (QED) is 0.828. The summed E-state index contributed by atoms with van der Waals surface area (Å²) in [6.45, 7) is 4.75. The van der Waals surface area contributed by atoms with Crippen LogP contribution in [-0.4, -0.2) is 37.2 Å². The zero-order chi connectivity index (χ0) is 15.2. The van der Waals surface area contributed by atoms with Crippen LogP contribution < -0.4 is 10.5 Å². The lowest BCUT2D eigenvalue weighted by Gasteiger charge is -2.27. The minimum Gasteiger partial charge on any atom is -0.496 e. The molecule has 2 unspecified atom stereocenters. The summed E-state index contributed by atoms with van der Waals surface area (Å²) in [6.07, 6.45) is 1.57. The topological polar surface area (TPSA) is 62.3 Å². The first-order valence-electron chi connectivity index (χ1n) is 6.92. The number of para-hydroxylation sites is 1. The minimum atomic E-state index is -0.752. The van der Waals surface area contributed by atoms with Crippen molar-refractivity contribution < 1.29 is 4.74 Å². The third kappa shape index (κ3) is 4.84. The zero-order valence-electron chi connectivity index (χ0n) is 12.9.